The van der Waals surface area contributed by atoms with E-state index in [1.807, 2.05) is 0 Å². The number of benzene rings is 1. The van der Waals surface area contributed by atoms with Crippen LogP contribution in [0.4, 0.5) is 5.69 Å². The van der Waals surface area contributed by atoms with Crippen molar-refractivity contribution in [2.75, 3.05) is 0 Å². The van der Waals surface area contributed by atoms with Gasteiger partial charge in [0, 0.05) is 22.3 Å². The van der Waals surface area contributed by atoms with E-state index in [-0.39, 0.29) is 5.56 Å². The molecule has 0 atom stereocenters. The molecule has 7 nitrogen and oxygen atoms in total. The van der Waals surface area contributed by atoms with E-state index < -0.39 is 30.5 Å². The first-order chi connectivity index (χ1) is 7.23. The van der Waals surface area contributed by atoms with Gasteiger partial charge < -0.3 is 5.73 Å². The van der Waals surface area contributed by atoms with E-state index in [1.165, 1.54) is 0 Å². The predicted molar refractivity (Wildman–Crippen MR) is 54.7 cm³/mol. The first-order valence-corrected chi connectivity index (χ1v) is 6.07. The molecule has 0 spiro atoms. The maximum atomic E-state index is 11.0. The predicted octanol–water partition coefficient (Wildman–Crippen LogP) is 0.621. The summed E-state index contributed by atoms with van der Waals surface area (Å²) in [7, 11) is 0.688. The van der Waals surface area contributed by atoms with Gasteiger partial charge in [-0.05, 0) is 12.1 Å². The number of rotatable bonds is 3. The molecule has 0 aliphatic heterocycles. The molecular formula is C7H5ClN2O5S. The minimum atomic E-state index is -4.31. The standard InChI is InChI=1S/C7H5ClN2O5S/c8-16(14,15)6-3-4(7(9)11)1-2-5(6)10(12)13/h1-3H,(H2,9,11). The summed E-state index contributed by atoms with van der Waals surface area (Å²) in [5, 5.41) is 10.5. The van der Waals surface area contributed by atoms with Crippen molar-refractivity contribution < 1.29 is 18.1 Å². The van der Waals surface area contributed by atoms with Crippen molar-refractivity contribution in [3.8, 4) is 0 Å². The molecule has 0 radical (unpaired) electrons. The highest BCUT2D eigenvalue weighted by Crippen LogP contribution is 2.27. The fourth-order valence-corrected chi connectivity index (χ4v) is 2.04. The van der Waals surface area contributed by atoms with Crippen molar-refractivity contribution in [1.29, 1.82) is 0 Å². The maximum absolute atomic E-state index is 11.0. The van der Waals surface area contributed by atoms with Crippen molar-refractivity contribution in [2.45, 2.75) is 4.90 Å². The van der Waals surface area contributed by atoms with Crippen LogP contribution in [0.1, 0.15) is 10.4 Å². The highest BCUT2D eigenvalue weighted by atomic mass is 35.7. The van der Waals surface area contributed by atoms with Gasteiger partial charge in [0.25, 0.3) is 14.7 Å². The number of amides is 1. The van der Waals surface area contributed by atoms with Crippen LogP contribution in [0.2, 0.25) is 0 Å². The molecule has 2 N–H and O–H groups in total. The molecule has 1 amide bonds. The number of carbonyl (C=O) groups is 1. The number of carbonyl (C=O) groups excluding carboxylic acids is 1. The Bertz CT molecular complexity index is 568. The summed E-state index contributed by atoms with van der Waals surface area (Å²) >= 11 is 0. The summed E-state index contributed by atoms with van der Waals surface area (Å²) in [5.74, 6) is -0.906. The Labute approximate surface area is 94.4 Å². The molecular weight excluding hydrogens is 260 g/mol. The zero-order valence-corrected chi connectivity index (χ0v) is 9.16. The minimum Gasteiger partial charge on any atom is -0.366 e. The fraction of sp³-hybridized carbons (Fsp3) is 0. The number of hydrogen-bond donors (Lipinski definition) is 1. The Hall–Kier alpha value is -1.67. The third kappa shape index (κ3) is 2.47. The van der Waals surface area contributed by atoms with Crippen LogP contribution in [-0.2, 0) is 9.05 Å². The summed E-state index contributed by atoms with van der Waals surface area (Å²) in [5.41, 5.74) is 4.02. The lowest BCUT2D eigenvalue weighted by Gasteiger charge is -2.00. The fourth-order valence-electron chi connectivity index (χ4n) is 1.01. The molecule has 0 saturated heterocycles. The molecule has 1 aromatic carbocycles. The SMILES string of the molecule is NC(=O)c1ccc([N+](=O)[O-])c(S(=O)(=O)Cl)c1. The van der Waals surface area contributed by atoms with E-state index >= 15 is 0 Å². The average Bonchev–Trinajstić information content (AvgIpc) is 2.15. The van der Waals surface area contributed by atoms with Crippen molar-refractivity contribution >= 4 is 31.3 Å². The number of halogens is 1. The molecule has 0 unspecified atom stereocenters. The lowest BCUT2D eigenvalue weighted by molar-refractivity contribution is -0.387. The van der Waals surface area contributed by atoms with Crippen LogP contribution in [0.3, 0.4) is 0 Å². The molecule has 0 heterocycles. The molecule has 0 aromatic heterocycles. The van der Waals surface area contributed by atoms with E-state index in [0.29, 0.717) is 0 Å². The molecule has 86 valence electrons. The van der Waals surface area contributed by atoms with Crippen LogP contribution in [0.5, 0.6) is 0 Å². The molecule has 1 aromatic rings. The van der Waals surface area contributed by atoms with Crippen LogP contribution in [0.25, 0.3) is 0 Å². The van der Waals surface area contributed by atoms with E-state index in [0.717, 1.165) is 18.2 Å². The summed E-state index contributed by atoms with van der Waals surface area (Å²) < 4.78 is 22.1. The Kier molecular flexibility index (Phi) is 3.15. The summed E-state index contributed by atoms with van der Waals surface area (Å²) in [6.45, 7) is 0. The van der Waals surface area contributed by atoms with Crippen molar-refractivity contribution in [1.82, 2.24) is 0 Å². The number of nitro groups is 1. The third-order valence-corrected chi connectivity index (χ3v) is 3.05. The molecule has 0 aliphatic carbocycles. The van der Waals surface area contributed by atoms with Crippen molar-refractivity contribution in [3.63, 3.8) is 0 Å². The van der Waals surface area contributed by atoms with Crippen LogP contribution in [0, 0.1) is 10.1 Å². The van der Waals surface area contributed by atoms with E-state index in [2.05, 4.69) is 0 Å². The van der Waals surface area contributed by atoms with Gasteiger partial charge in [0.1, 0.15) is 0 Å². The number of hydrogen-bond acceptors (Lipinski definition) is 5. The number of nitrogens with zero attached hydrogens (tertiary/aromatic N) is 1. The van der Waals surface area contributed by atoms with Gasteiger partial charge in [0.15, 0.2) is 4.90 Å². The van der Waals surface area contributed by atoms with Gasteiger partial charge in [-0.15, -0.1) is 0 Å². The van der Waals surface area contributed by atoms with Gasteiger partial charge in [0.2, 0.25) is 5.91 Å². The minimum absolute atomic E-state index is 0.176. The second-order valence-electron chi connectivity index (χ2n) is 2.74. The summed E-state index contributed by atoms with van der Waals surface area (Å²) in [6, 6.07) is 2.67. The largest absolute Gasteiger partial charge is 0.366 e. The summed E-state index contributed by atoms with van der Waals surface area (Å²) in [4.78, 5) is 19.6. The van der Waals surface area contributed by atoms with Gasteiger partial charge in [-0.3, -0.25) is 14.9 Å². The first-order valence-electron chi connectivity index (χ1n) is 3.76. The maximum Gasteiger partial charge on any atom is 0.289 e. The lowest BCUT2D eigenvalue weighted by atomic mass is 10.2. The first kappa shape index (κ1) is 12.4. The monoisotopic (exact) mass is 264 g/mol. The molecule has 1 rings (SSSR count). The Balaban J connectivity index is 3.58. The quantitative estimate of drug-likeness (QED) is 0.487. The normalized spacial score (nSPS) is 11.1. The van der Waals surface area contributed by atoms with Gasteiger partial charge in [-0.25, -0.2) is 8.42 Å². The number of nitrogens with two attached hydrogens (primary N) is 1. The smallest absolute Gasteiger partial charge is 0.289 e. The van der Waals surface area contributed by atoms with Gasteiger partial charge in [0.05, 0.1) is 4.92 Å². The molecule has 0 saturated carbocycles. The molecule has 16 heavy (non-hydrogen) atoms. The highest BCUT2D eigenvalue weighted by molar-refractivity contribution is 8.13. The van der Waals surface area contributed by atoms with E-state index in [9.17, 15) is 23.3 Å². The topological polar surface area (TPSA) is 120 Å². The number of nitro benzene ring substituents is 1. The van der Waals surface area contributed by atoms with Crippen LogP contribution >= 0.6 is 10.7 Å². The van der Waals surface area contributed by atoms with Gasteiger partial charge in [-0.1, -0.05) is 0 Å². The molecule has 0 bridgehead atoms. The van der Waals surface area contributed by atoms with Gasteiger partial charge >= 0.3 is 0 Å². The average molecular weight is 265 g/mol. The lowest BCUT2D eigenvalue weighted by Crippen LogP contribution is -2.12. The van der Waals surface area contributed by atoms with Crippen LogP contribution in [-0.4, -0.2) is 19.2 Å². The Morgan fingerprint density at radius 2 is 2.00 bits per heavy atom. The number of primary amides is 1. The molecule has 0 aliphatic rings. The van der Waals surface area contributed by atoms with E-state index in [4.69, 9.17) is 16.4 Å². The van der Waals surface area contributed by atoms with Crippen molar-refractivity contribution in [2.24, 2.45) is 5.73 Å². The summed E-state index contributed by atoms with van der Waals surface area (Å²) in [6.07, 6.45) is 0. The zero-order chi connectivity index (χ0) is 12.5. The van der Waals surface area contributed by atoms with Crippen LogP contribution in [0.15, 0.2) is 23.1 Å². The third-order valence-electron chi connectivity index (χ3n) is 1.70. The molecule has 9 heteroatoms. The van der Waals surface area contributed by atoms with E-state index in [1.54, 1.807) is 0 Å². The van der Waals surface area contributed by atoms with Gasteiger partial charge in [-0.2, -0.15) is 0 Å². The zero-order valence-electron chi connectivity index (χ0n) is 7.58. The van der Waals surface area contributed by atoms with Crippen molar-refractivity contribution in [3.05, 3.63) is 33.9 Å². The Morgan fingerprint density at radius 3 is 2.38 bits per heavy atom. The second kappa shape index (κ2) is 4.06. The Morgan fingerprint density at radius 1 is 1.44 bits per heavy atom. The highest BCUT2D eigenvalue weighted by Gasteiger charge is 2.25. The van der Waals surface area contributed by atoms with Crippen LogP contribution < -0.4 is 5.73 Å². The molecule has 0 fully saturated rings. The second-order valence-corrected chi connectivity index (χ2v) is 5.28.